The van der Waals surface area contributed by atoms with Gasteiger partial charge in [0.05, 0.1) is 27.0 Å². The zero-order valence-electron chi connectivity index (χ0n) is 16.6. The molecule has 0 radical (unpaired) electrons. The van der Waals surface area contributed by atoms with Crippen LogP contribution in [0.15, 0.2) is 66.7 Å². The molecule has 6 nitrogen and oxygen atoms in total. The number of nitrogens with one attached hydrogen (secondary N) is 1. The van der Waals surface area contributed by atoms with Gasteiger partial charge in [-0.2, -0.15) is 0 Å². The summed E-state index contributed by atoms with van der Waals surface area (Å²) in [4.78, 5) is 12.7. The lowest BCUT2D eigenvalue weighted by molar-refractivity contribution is 0.102. The van der Waals surface area contributed by atoms with E-state index in [-0.39, 0.29) is 12.5 Å². The van der Waals surface area contributed by atoms with Crippen LogP contribution in [-0.2, 0) is 6.61 Å². The van der Waals surface area contributed by atoms with E-state index in [4.69, 9.17) is 18.9 Å². The van der Waals surface area contributed by atoms with Gasteiger partial charge in [0.2, 0.25) is 0 Å². The molecular formula is C23H23NO5. The van der Waals surface area contributed by atoms with E-state index in [9.17, 15) is 4.79 Å². The van der Waals surface area contributed by atoms with Gasteiger partial charge in [-0.3, -0.25) is 4.79 Å². The van der Waals surface area contributed by atoms with Gasteiger partial charge in [0.25, 0.3) is 5.91 Å². The number of carbonyl (C=O) groups is 1. The van der Waals surface area contributed by atoms with Crippen LogP contribution in [0.3, 0.4) is 0 Å². The van der Waals surface area contributed by atoms with E-state index >= 15 is 0 Å². The Hall–Kier alpha value is -3.67. The predicted molar refractivity (Wildman–Crippen MR) is 111 cm³/mol. The van der Waals surface area contributed by atoms with Crippen LogP contribution in [0.4, 0.5) is 5.69 Å². The van der Waals surface area contributed by atoms with Crippen molar-refractivity contribution < 1.29 is 23.7 Å². The van der Waals surface area contributed by atoms with Gasteiger partial charge in [-0.05, 0) is 54.6 Å². The first-order valence-corrected chi connectivity index (χ1v) is 9.02. The summed E-state index contributed by atoms with van der Waals surface area (Å²) < 4.78 is 21.7. The van der Waals surface area contributed by atoms with Crippen molar-refractivity contribution in [1.29, 1.82) is 0 Å². The summed E-state index contributed by atoms with van der Waals surface area (Å²) in [6.45, 7) is 0.255. The van der Waals surface area contributed by atoms with Crippen molar-refractivity contribution in [1.82, 2.24) is 0 Å². The lowest BCUT2D eigenvalue weighted by Crippen LogP contribution is -2.13. The Labute approximate surface area is 170 Å². The van der Waals surface area contributed by atoms with Crippen LogP contribution < -0.4 is 24.3 Å². The number of anilines is 1. The van der Waals surface area contributed by atoms with E-state index in [0.717, 1.165) is 11.3 Å². The molecule has 0 aliphatic heterocycles. The quantitative estimate of drug-likeness (QED) is 0.608. The maximum Gasteiger partial charge on any atom is 0.255 e. The summed E-state index contributed by atoms with van der Waals surface area (Å²) in [7, 11) is 4.76. The zero-order valence-corrected chi connectivity index (χ0v) is 16.6. The minimum absolute atomic E-state index is 0.247. The molecule has 0 heterocycles. The highest BCUT2D eigenvalue weighted by atomic mass is 16.5. The molecule has 0 saturated heterocycles. The van der Waals surface area contributed by atoms with Crippen molar-refractivity contribution in [2.45, 2.75) is 6.61 Å². The Balaban J connectivity index is 1.75. The molecule has 1 N–H and O–H groups in total. The van der Waals surface area contributed by atoms with Crippen LogP contribution in [-0.4, -0.2) is 27.2 Å². The Kier molecular flexibility index (Phi) is 6.58. The Bertz CT molecular complexity index is 969. The maximum atomic E-state index is 12.7. The summed E-state index contributed by atoms with van der Waals surface area (Å²) in [5.41, 5.74) is 1.85. The van der Waals surface area contributed by atoms with Gasteiger partial charge in [0, 0.05) is 11.1 Å². The summed E-state index contributed by atoms with van der Waals surface area (Å²) in [5, 5.41) is 2.87. The Morgan fingerprint density at radius 1 is 0.793 bits per heavy atom. The number of para-hydroxylation sites is 2. The highest BCUT2D eigenvalue weighted by Crippen LogP contribution is 2.26. The maximum absolute atomic E-state index is 12.7. The fourth-order valence-corrected chi connectivity index (χ4v) is 2.81. The first-order valence-electron chi connectivity index (χ1n) is 9.02. The fraction of sp³-hybridized carbons (Fsp3) is 0.174. The van der Waals surface area contributed by atoms with Crippen molar-refractivity contribution in [3.05, 3.63) is 77.9 Å². The topological polar surface area (TPSA) is 66.0 Å². The molecule has 3 aromatic carbocycles. The second kappa shape index (κ2) is 9.50. The first kappa shape index (κ1) is 20.1. The minimum Gasteiger partial charge on any atom is -0.497 e. The fourth-order valence-electron chi connectivity index (χ4n) is 2.81. The molecule has 29 heavy (non-hydrogen) atoms. The van der Waals surface area contributed by atoms with Crippen LogP contribution >= 0.6 is 0 Å². The normalized spacial score (nSPS) is 10.2. The van der Waals surface area contributed by atoms with Gasteiger partial charge >= 0.3 is 0 Å². The second-order valence-electron chi connectivity index (χ2n) is 6.15. The average molecular weight is 393 g/mol. The molecule has 0 spiro atoms. The van der Waals surface area contributed by atoms with Gasteiger partial charge in [-0.25, -0.2) is 0 Å². The third-order valence-electron chi connectivity index (χ3n) is 4.35. The molecule has 0 fully saturated rings. The lowest BCUT2D eigenvalue weighted by atomic mass is 10.1. The van der Waals surface area contributed by atoms with Crippen molar-refractivity contribution in [2.24, 2.45) is 0 Å². The highest BCUT2D eigenvalue weighted by molar-refractivity contribution is 6.05. The molecular weight excluding hydrogens is 370 g/mol. The van der Waals surface area contributed by atoms with Crippen LogP contribution in [0.1, 0.15) is 15.9 Å². The van der Waals surface area contributed by atoms with Crippen LogP contribution in [0.2, 0.25) is 0 Å². The molecule has 0 atom stereocenters. The number of hydrogen-bond donors (Lipinski definition) is 1. The Morgan fingerprint density at radius 2 is 1.48 bits per heavy atom. The number of carbonyl (C=O) groups excluding carboxylic acids is 1. The first-order chi connectivity index (χ1) is 14.1. The van der Waals surface area contributed by atoms with E-state index < -0.39 is 0 Å². The Morgan fingerprint density at radius 3 is 2.17 bits per heavy atom. The predicted octanol–water partition coefficient (Wildman–Crippen LogP) is 4.54. The van der Waals surface area contributed by atoms with E-state index in [1.54, 1.807) is 51.7 Å². The van der Waals surface area contributed by atoms with Crippen LogP contribution in [0.25, 0.3) is 0 Å². The number of rotatable bonds is 8. The van der Waals surface area contributed by atoms with E-state index in [1.807, 2.05) is 36.4 Å². The van der Waals surface area contributed by atoms with Gasteiger partial charge in [0.15, 0.2) is 0 Å². The molecule has 3 rings (SSSR count). The zero-order chi connectivity index (χ0) is 20.6. The minimum atomic E-state index is -0.247. The largest absolute Gasteiger partial charge is 0.497 e. The molecule has 0 unspecified atom stereocenters. The molecule has 6 heteroatoms. The number of methoxy groups -OCH3 is 3. The summed E-state index contributed by atoms with van der Waals surface area (Å²) >= 11 is 0. The van der Waals surface area contributed by atoms with Crippen molar-refractivity contribution in [3.63, 3.8) is 0 Å². The highest BCUT2D eigenvalue weighted by Gasteiger charge is 2.13. The van der Waals surface area contributed by atoms with Crippen LogP contribution in [0.5, 0.6) is 23.0 Å². The smallest absolute Gasteiger partial charge is 0.255 e. The molecule has 0 saturated carbocycles. The molecule has 0 aliphatic carbocycles. The monoisotopic (exact) mass is 393 g/mol. The van der Waals surface area contributed by atoms with Crippen molar-refractivity contribution in [3.8, 4) is 23.0 Å². The van der Waals surface area contributed by atoms with Crippen molar-refractivity contribution in [2.75, 3.05) is 26.6 Å². The van der Waals surface area contributed by atoms with E-state index in [0.29, 0.717) is 28.5 Å². The van der Waals surface area contributed by atoms with Gasteiger partial charge < -0.3 is 24.3 Å². The summed E-state index contributed by atoms with van der Waals surface area (Å²) in [5.74, 6) is 2.44. The number of benzene rings is 3. The third kappa shape index (κ3) is 4.99. The molecule has 0 aliphatic rings. The van der Waals surface area contributed by atoms with Gasteiger partial charge in [0.1, 0.15) is 29.6 Å². The van der Waals surface area contributed by atoms with Crippen molar-refractivity contribution >= 4 is 11.6 Å². The number of hydrogen-bond acceptors (Lipinski definition) is 5. The lowest BCUT2D eigenvalue weighted by Gasteiger charge is -2.13. The van der Waals surface area contributed by atoms with Gasteiger partial charge in [-0.15, -0.1) is 0 Å². The molecule has 0 aromatic heterocycles. The molecule has 1 amide bonds. The van der Waals surface area contributed by atoms with Gasteiger partial charge in [-0.1, -0.05) is 12.1 Å². The van der Waals surface area contributed by atoms with E-state index in [1.165, 1.54) is 0 Å². The molecule has 0 bridgehead atoms. The molecule has 150 valence electrons. The van der Waals surface area contributed by atoms with E-state index in [2.05, 4.69) is 5.32 Å². The summed E-state index contributed by atoms with van der Waals surface area (Å²) in [6, 6.07) is 19.8. The van der Waals surface area contributed by atoms with Crippen LogP contribution in [0, 0.1) is 0 Å². The third-order valence-corrected chi connectivity index (χ3v) is 4.35. The SMILES string of the molecule is COc1ccc(OCc2cc(C(=O)Nc3ccccc3OC)ccc2OC)cc1. The standard InChI is InChI=1S/C23H23NO5/c1-26-18-9-11-19(12-10-18)29-15-17-14-16(8-13-21(17)27-2)23(25)24-20-6-4-5-7-22(20)28-3/h4-14H,15H2,1-3H3,(H,24,25). The summed E-state index contributed by atoms with van der Waals surface area (Å²) in [6.07, 6.45) is 0. The number of ether oxygens (including phenoxy) is 4. The number of amides is 1. The molecule has 3 aromatic rings. The second-order valence-corrected chi connectivity index (χ2v) is 6.15. The average Bonchev–Trinajstić information content (AvgIpc) is 2.78.